The van der Waals surface area contributed by atoms with Gasteiger partial charge in [-0.15, -0.1) is 0 Å². The molecule has 0 unspecified atom stereocenters. The summed E-state index contributed by atoms with van der Waals surface area (Å²) >= 11 is 0. The van der Waals surface area contributed by atoms with Gasteiger partial charge in [0.15, 0.2) is 6.61 Å². The zero-order valence-electron chi connectivity index (χ0n) is 13.6. The molecule has 6 nitrogen and oxygen atoms in total. The van der Waals surface area contributed by atoms with Gasteiger partial charge in [0.1, 0.15) is 11.8 Å². The number of hydrogen-bond donors (Lipinski definition) is 1. The molecule has 0 aliphatic heterocycles. The fourth-order valence-corrected chi connectivity index (χ4v) is 2.02. The third-order valence-corrected chi connectivity index (χ3v) is 3.20. The second-order valence-electron chi connectivity index (χ2n) is 4.88. The zero-order chi connectivity index (χ0) is 18.1. The van der Waals surface area contributed by atoms with Gasteiger partial charge in [0.05, 0.1) is 18.4 Å². The number of nitrogens with zero attached hydrogens (tertiary/aromatic N) is 1. The Morgan fingerprint density at radius 3 is 2.56 bits per heavy atom. The first-order valence-electron chi connectivity index (χ1n) is 7.40. The topological polar surface area (TPSA) is 88.4 Å². The van der Waals surface area contributed by atoms with Crippen LogP contribution < -0.4 is 10.1 Å². The van der Waals surface area contributed by atoms with Gasteiger partial charge in [0.2, 0.25) is 5.91 Å². The maximum absolute atomic E-state index is 12.0. The van der Waals surface area contributed by atoms with Crippen molar-refractivity contribution in [2.24, 2.45) is 0 Å². The number of carbonyl (C=O) groups excluding carboxylic acids is 2. The Morgan fingerprint density at radius 1 is 1.16 bits per heavy atom. The lowest BCUT2D eigenvalue weighted by Crippen LogP contribution is -2.12. The van der Waals surface area contributed by atoms with Crippen LogP contribution in [0.25, 0.3) is 6.08 Å². The second kappa shape index (κ2) is 8.89. The Balaban J connectivity index is 2.02. The van der Waals surface area contributed by atoms with E-state index < -0.39 is 5.97 Å². The number of esters is 1. The predicted octanol–water partition coefficient (Wildman–Crippen LogP) is 3.03. The minimum atomic E-state index is -0.521. The van der Waals surface area contributed by atoms with Crippen molar-refractivity contribution < 1.29 is 19.1 Å². The molecule has 0 bridgehead atoms. The second-order valence-corrected chi connectivity index (χ2v) is 4.88. The molecule has 0 saturated carbocycles. The maximum atomic E-state index is 12.0. The highest BCUT2D eigenvalue weighted by Crippen LogP contribution is 2.16. The molecule has 2 aromatic rings. The number of hydrogen-bond acceptors (Lipinski definition) is 5. The number of amides is 1. The first kappa shape index (κ1) is 17.8. The van der Waals surface area contributed by atoms with E-state index in [0.717, 1.165) is 5.56 Å². The normalized spacial score (nSPS) is 10.1. The number of ether oxygens (including phenoxy) is 2. The number of rotatable bonds is 6. The van der Waals surface area contributed by atoms with Crippen LogP contribution in [0.15, 0.2) is 54.6 Å². The molecule has 1 amide bonds. The number of para-hydroxylation sites is 1. The van der Waals surface area contributed by atoms with Crippen LogP contribution in [0.4, 0.5) is 5.69 Å². The van der Waals surface area contributed by atoms with Crippen LogP contribution in [0, 0.1) is 11.3 Å². The summed E-state index contributed by atoms with van der Waals surface area (Å²) in [7, 11) is 1.28. The highest BCUT2D eigenvalue weighted by atomic mass is 16.5. The molecule has 1 N–H and O–H groups in total. The summed E-state index contributed by atoms with van der Waals surface area (Å²) in [6.07, 6.45) is 2.99. The van der Waals surface area contributed by atoms with E-state index in [-0.39, 0.29) is 18.1 Å². The van der Waals surface area contributed by atoms with Crippen molar-refractivity contribution in [3.05, 3.63) is 65.7 Å². The highest BCUT2D eigenvalue weighted by molar-refractivity contribution is 6.06. The van der Waals surface area contributed by atoms with E-state index in [1.54, 1.807) is 54.6 Å². The molecule has 0 aromatic heterocycles. The summed E-state index contributed by atoms with van der Waals surface area (Å²) in [5.41, 5.74) is 1.45. The maximum Gasteiger partial charge on any atom is 0.339 e. The summed E-state index contributed by atoms with van der Waals surface area (Å²) in [4.78, 5) is 23.7. The van der Waals surface area contributed by atoms with E-state index in [1.807, 2.05) is 6.07 Å². The number of nitriles is 1. The van der Waals surface area contributed by atoms with Crippen LogP contribution in [-0.2, 0) is 9.53 Å². The number of anilines is 1. The quantitative estimate of drug-likeness (QED) is 0.647. The van der Waals surface area contributed by atoms with Gasteiger partial charge in [0.25, 0.3) is 0 Å². The van der Waals surface area contributed by atoms with Gasteiger partial charge in [-0.1, -0.05) is 24.3 Å². The van der Waals surface area contributed by atoms with Crippen molar-refractivity contribution in [3.8, 4) is 11.8 Å². The molecule has 0 radical (unpaired) electrons. The van der Waals surface area contributed by atoms with E-state index in [9.17, 15) is 9.59 Å². The molecule has 2 aromatic carbocycles. The molecular formula is C19H16N2O4. The van der Waals surface area contributed by atoms with Crippen molar-refractivity contribution in [2.45, 2.75) is 0 Å². The van der Waals surface area contributed by atoms with Crippen molar-refractivity contribution in [2.75, 3.05) is 19.0 Å². The molecular weight excluding hydrogens is 320 g/mol. The largest absolute Gasteiger partial charge is 0.479 e. The molecule has 0 fully saturated rings. The van der Waals surface area contributed by atoms with Gasteiger partial charge in [0, 0.05) is 6.08 Å². The number of nitrogens with one attached hydrogen (secondary N) is 1. The Kier molecular flexibility index (Phi) is 6.32. The van der Waals surface area contributed by atoms with Crippen molar-refractivity contribution in [1.82, 2.24) is 0 Å². The molecule has 0 aliphatic rings. The van der Waals surface area contributed by atoms with E-state index in [2.05, 4.69) is 10.1 Å². The van der Waals surface area contributed by atoms with E-state index in [0.29, 0.717) is 11.4 Å². The number of carbonyl (C=O) groups is 2. The van der Waals surface area contributed by atoms with Gasteiger partial charge in [-0.3, -0.25) is 4.79 Å². The summed E-state index contributed by atoms with van der Waals surface area (Å²) in [6, 6.07) is 15.4. The average molecular weight is 336 g/mol. The zero-order valence-corrected chi connectivity index (χ0v) is 13.6. The van der Waals surface area contributed by atoms with Crippen LogP contribution in [0.5, 0.6) is 5.75 Å². The molecule has 2 rings (SSSR count). The Morgan fingerprint density at radius 2 is 1.88 bits per heavy atom. The highest BCUT2D eigenvalue weighted by Gasteiger charge is 2.11. The van der Waals surface area contributed by atoms with E-state index in [4.69, 9.17) is 10.00 Å². The van der Waals surface area contributed by atoms with E-state index in [1.165, 1.54) is 13.2 Å². The molecule has 0 saturated heterocycles. The molecule has 126 valence electrons. The van der Waals surface area contributed by atoms with Crippen molar-refractivity contribution in [3.63, 3.8) is 0 Å². The SMILES string of the molecule is COC(=O)c1ccccc1NC(=O)/C=C/c1ccc(OCC#N)cc1. The molecule has 0 aliphatic carbocycles. The standard InChI is InChI=1S/C19H16N2O4/c1-24-19(23)16-4-2-3-5-17(16)21-18(22)11-8-14-6-9-15(10-7-14)25-13-12-20/h2-11H,13H2,1H3,(H,21,22)/b11-8+. The molecule has 0 heterocycles. The molecule has 6 heteroatoms. The monoisotopic (exact) mass is 336 g/mol. The van der Waals surface area contributed by atoms with Crippen LogP contribution in [0.1, 0.15) is 15.9 Å². The smallest absolute Gasteiger partial charge is 0.339 e. The molecule has 25 heavy (non-hydrogen) atoms. The van der Waals surface area contributed by atoms with Crippen molar-refractivity contribution >= 4 is 23.6 Å². The lowest BCUT2D eigenvalue weighted by Gasteiger charge is -2.07. The van der Waals surface area contributed by atoms with Crippen LogP contribution in [0.3, 0.4) is 0 Å². The lowest BCUT2D eigenvalue weighted by molar-refractivity contribution is -0.111. The number of methoxy groups -OCH3 is 1. The average Bonchev–Trinajstić information content (AvgIpc) is 2.65. The fourth-order valence-electron chi connectivity index (χ4n) is 2.02. The fraction of sp³-hybridized carbons (Fsp3) is 0.105. The third kappa shape index (κ3) is 5.22. The van der Waals surface area contributed by atoms with Crippen LogP contribution >= 0.6 is 0 Å². The summed E-state index contributed by atoms with van der Waals surface area (Å²) in [5, 5.41) is 11.1. The predicted molar refractivity (Wildman–Crippen MR) is 93.0 cm³/mol. The Labute approximate surface area is 145 Å². The van der Waals surface area contributed by atoms with Crippen LogP contribution in [0.2, 0.25) is 0 Å². The van der Waals surface area contributed by atoms with E-state index >= 15 is 0 Å². The van der Waals surface area contributed by atoms with Crippen LogP contribution in [-0.4, -0.2) is 25.6 Å². The molecule has 0 atom stereocenters. The summed E-state index contributed by atoms with van der Waals surface area (Å²) < 4.78 is 9.84. The van der Waals surface area contributed by atoms with Gasteiger partial charge in [-0.2, -0.15) is 5.26 Å². The minimum absolute atomic E-state index is 0.0167. The first-order valence-corrected chi connectivity index (χ1v) is 7.40. The summed E-state index contributed by atoms with van der Waals surface area (Å²) in [6.45, 7) is -0.0167. The molecule has 0 spiro atoms. The first-order chi connectivity index (χ1) is 12.1. The number of benzene rings is 2. The minimum Gasteiger partial charge on any atom is -0.479 e. The van der Waals surface area contributed by atoms with Gasteiger partial charge < -0.3 is 14.8 Å². The third-order valence-electron chi connectivity index (χ3n) is 3.20. The Hall–Kier alpha value is -3.59. The van der Waals surface area contributed by atoms with Gasteiger partial charge in [-0.05, 0) is 35.9 Å². The lowest BCUT2D eigenvalue weighted by atomic mass is 10.1. The van der Waals surface area contributed by atoms with Gasteiger partial charge in [-0.25, -0.2) is 4.79 Å². The van der Waals surface area contributed by atoms with Crippen molar-refractivity contribution in [1.29, 1.82) is 5.26 Å². The summed E-state index contributed by atoms with van der Waals surface area (Å²) in [5.74, 6) is -0.316. The van der Waals surface area contributed by atoms with Gasteiger partial charge >= 0.3 is 5.97 Å². The Bertz CT molecular complexity index is 820.